The fourth-order valence-electron chi connectivity index (χ4n) is 2.13. The second-order valence-electron chi connectivity index (χ2n) is 4.49. The van der Waals surface area contributed by atoms with Crippen LogP contribution in [0.5, 0.6) is 0 Å². The van der Waals surface area contributed by atoms with Crippen LogP contribution >= 0.6 is 23.2 Å². The Bertz CT molecular complexity index is 577. The highest BCUT2D eigenvalue weighted by atomic mass is 35.5. The summed E-state index contributed by atoms with van der Waals surface area (Å²) in [6.45, 7) is 1.77. The zero-order valence-corrected chi connectivity index (χ0v) is 11.9. The van der Waals surface area contributed by atoms with Crippen LogP contribution in [0.15, 0.2) is 12.1 Å². The van der Waals surface area contributed by atoms with Gasteiger partial charge >= 0.3 is 0 Å². The third kappa shape index (κ3) is 2.96. The smallest absolute Gasteiger partial charge is 0.153 e. The lowest BCUT2D eigenvalue weighted by atomic mass is 10.1. The molecule has 1 N–H and O–H groups in total. The van der Waals surface area contributed by atoms with Gasteiger partial charge in [0.05, 0.1) is 16.5 Å². The van der Waals surface area contributed by atoms with E-state index in [0.717, 1.165) is 0 Å². The Labute approximate surface area is 115 Å². The maximum absolute atomic E-state index is 13.4. The average Bonchev–Trinajstić information content (AvgIpc) is 2.20. The first kappa shape index (κ1) is 14.1. The molecule has 1 aromatic carbocycles. The predicted octanol–water partition coefficient (Wildman–Crippen LogP) is 2.58. The fraction of sp³-hybridized carbons (Fsp3) is 0.455. The van der Waals surface area contributed by atoms with E-state index in [1.54, 1.807) is 6.92 Å². The summed E-state index contributed by atoms with van der Waals surface area (Å²) in [5.74, 6) is -0.608. The normalized spacial score (nSPS) is 27.1. The van der Waals surface area contributed by atoms with Crippen LogP contribution in [0, 0.1) is 5.82 Å². The van der Waals surface area contributed by atoms with Gasteiger partial charge in [-0.1, -0.05) is 23.2 Å². The molecule has 1 fully saturated rings. The molecule has 1 aliphatic rings. The molecule has 0 aromatic heterocycles. The molecule has 1 aliphatic heterocycles. The molecule has 2 unspecified atom stereocenters. The van der Waals surface area contributed by atoms with Gasteiger partial charge < -0.3 is 5.32 Å². The van der Waals surface area contributed by atoms with E-state index in [4.69, 9.17) is 23.2 Å². The molecule has 2 atom stereocenters. The Kier molecular flexibility index (Phi) is 3.88. The number of halogens is 3. The van der Waals surface area contributed by atoms with Crippen LogP contribution in [0.3, 0.4) is 0 Å². The van der Waals surface area contributed by atoms with Crippen molar-refractivity contribution in [1.82, 2.24) is 5.32 Å². The number of sulfone groups is 1. The molecular weight excluding hydrogens is 300 g/mol. The number of rotatable bonds is 1. The molecule has 0 bridgehead atoms. The lowest BCUT2D eigenvalue weighted by Gasteiger charge is -2.29. The number of benzene rings is 1. The van der Waals surface area contributed by atoms with Crippen molar-refractivity contribution in [3.63, 3.8) is 0 Å². The quantitative estimate of drug-likeness (QED) is 0.811. The van der Waals surface area contributed by atoms with E-state index in [1.165, 1.54) is 12.1 Å². The van der Waals surface area contributed by atoms with Crippen molar-refractivity contribution in [3.05, 3.63) is 33.6 Å². The summed E-state index contributed by atoms with van der Waals surface area (Å²) < 4.78 is 36.8. The molecule has 100 valence electrons. The van der Waals surface area contributed by atoms with Gasteiger partial charge in [0.2, 0.25) is 0 Å². The van der Waals surface area contributed by atoms with Crippen molar-refractivity contribution in [2.75, 3.05) is 11.5 Å². The Hall–Kier alpha value is -0.360. The Morgan fingerprint density at radius 2 is 1.94 bits per heavy atom. The van der Waals surface area contributed by atoms with Crippen LogP contribution in [-0.4, -0.2) is 26.0 Å². The maximum atomic E-state index is 13.4. The Balaban J connectivity index is 2.40. The molecule has 7 heteroatoms. The van der Waals surface area contributed by atoms with Crippen LogP contribution in [0.1, 0.15) is 18.5 Å². The lowest BCUT2D eigenvalue weighted by Crippen LogP contribution is -2.45. The highest BCUT2D eigenvalue weighted by Crippen LogP contribution is 2.31. The second-order valence-corrected chi connectivity index (χ2v) is 7.45. The number of nitrogens with one attached hydrogen (secondary N) is 1. The summed E-state index contributed by atoms with van der Waals surface area (Å²) in [7, 11) is -3.15. The van der Waals surface area contributed by atoms with Crippen LogP contribution in [0.4, 0.5) is 4.39 Å². The van der Waals surface area contributed by atoms with Crippen LogP contribution < -0.4 is 5.32 Å². The van der Waals surface area contributed by atoms with E-state index in [0.29, 0.717) is 5.56 Å². The minimum absolute atomic E-state index is 0.0736. The van der Waals surface area contributed by atoms with Gasteiger partial charge in [-0.15, -0.1) is 0 Å². The summed E-state index contributed by atoms with van der Waals surface area (Å²) in [6.07, 6.45) is 0. The molecule has 0 saturated carbocycles. The van der Waals surface area contributed by atoms with Gasteiger partial charge in [0.25, 0.3) is 0 Å². The van der Waals surface area contributed by atoms with Gasteiger partial charge in [0.1, 0.15) is 5.82 Å². The van der Waals surface area contributed by atoms with Crippen molar-refractivity contribution in [2.45, 2.75) is 19.0 Å². The number of hydrogen-bond donors (Lipinski definition) is 1. The van der Waals surface area contributed by atoms with E-state index >= 15 is 0 Å². The Morgan fingerprint density at radius 3 is 2.56 bits per heavy atom. The largest absolute Gasteiger partial charge is 0.305 e. The van der Waals surface area contributed by atoms with E-state index in [1.807, 2.05) is 0 Å². The molecule has 1 heterocycles. The van der Waals surface area contributed by atoms with Crippen LogP contribution in [0.2, 0.25) is 10.0 Å². The summed E-state index contributed by atoms with van der Waals surface area (Å²) in [6, 6.07) is 1.79. The van der Waals surface area contributed by atoms with Gasteiger partial charge in [0, 0.05) is 17.1 Å². The molecular formula is C11H12Cl2FNO2S. The van der Waals surface area contributed by atoms with E-state index < -0.39 is 21.7 Å². The SMILES string of the molecule is CC1CS(=O)(=O)CC(c2cc(F)c(Cl)cc2Cl)N1. The molecule has 0 amide bonds. The zero-order chi connectivity index (χ0) is 13.5. The zero-order valence-electron chi connectivity index (χ0n) is 9.58. The minimum Gasteiger partial charge on any atom is -0.305 e. The highest BCUT2D eigenvalue weighted by Gasteiger charge is 2.31. The van der Waals surface area contributed by atoms with Gasteiger partial charge in [-0.25, -0.2) is 12.8 Å². The fourth-order valence-corrected chi connectivity index (χ4v) is 4.42. The molecule has 0 aliphatic carbocycles. The van der Waals surface area contributed by atoms with Gasteiger partial charge in [-0.05, 0) is 24.6 Å². The van der Waals surface area contributed by atoms with Crippen molar-refractivity contribution in [3.8, 4) is 0 Å². The van der Waals surface area contributed by atoms with Gasteiger partial charge in [-0.3, -0.25) is 0 Å². The van der Waals surface area contributed by atoms with Crippen molar-refractivity contribution in [1.29, 1.82) is 0 Å². The maximum Gasteiger partial charge on any atom is 0.153 e. The highest BCUT2D eigenvalue weighted by molar-refractivity contribution is 7.91. The molecule has 18 heavy (non-hydrogen) atoms. The predicted molar refractivity (Wildman–Crippen MR) is 70.4 cm³/mol. The standard InChI is InChI=1S/C11H12Cl2FNO2S/c1-6-4-18(16,17)5-11(15-6)7-2-10(14)9(13)3-8(7)12/h2-3,6,11,15H,4-5H2,1H3. The second kappa shape index (κ2) is 4.96. The third-order valence-electron chi connectivity index (χ3n) is 2.83. The molecule has 1 saturated heterocycles. The third-order valence-corrected chi connectivity index (χ3v) is 5.29. The van der Waals surface area contributed by atoms with Crippen LogP contribution in [-0.2, 0) is 9.84 Å². The van der Waals surface area contributed by atoms with Crippen LogP contribution in [0.25, 0.3) is 0 Å². The number of hydrogen-bond acceptors (Lipinski definition) is 3. The Morgan fingerprint density at radius 1 is 1.28 bits per heavy atom. The summed E-state index contributed by atoms with van der Waals surface area (Å²) in [5.41, 5.74) is 0.425. The van der Waals surface area contributed by atoms with Crippen molar-refractivity contribution in [2.24, 2.45) is 0 Å². The molecule has 3 nitrogen and oxygen atoms in total. The molecule has 1 aromatic rings. The first-order valence-corrected chi connectivity index (χ1v) is 7.97. The summed E-state index contributed by atoms with van der Waals surface area (Å²) in [5, 5.41) is 3.30. The van der Waals surface area contributed by atoms with E-state index in [-0.39, 0.29) is 27.6 Å². The molecule has 2 rings (SSSR count). The van der Waals surface area contributed by atoms with Gasteiger partial charge in [-0.2, -0.15) is 0 Å². The molecule has 0 spiro atoms. The molecule has 0 radical (unpaired) electrons. The average molecular weight is 312 g/mol. The van der Waals surface area contributed by atoms with Gasteiger partial charge in [0.15, 0.2) is 9.84 Å². The summed E-state index contributed by atoms with van der Waals surface area (Å²) >= 11 is 11.6. The topological polar surface area (TPSA) is 46.2 Å². The monoisotopic (exact) mass is 311 g/mol. The van der Waals surface area contributed by atoms with E-state index in [9.17, 15) is 12.8 Å². The summed E-state index contributed by atoms with van der Waals surface area (Å²) in [4.78, 5) is 0. The van der Waals surface area contributed by atoms with Crippen molar-refractivity contribution >= 4 is 33.0 Å². The van der Waals surface area contributed by atoms with E-state index in [2.05, 4.69) is 5.32 Å². The lowest BCUT2D eigenvalue weighted by molar-refractivity contribution is 0.467. The van der Waals surface area contributed by atoms with Crippen molar-refractivity contribution < 1.29 is 12.8 Å². The first-order valence-electron chi connectivity index (χ1n) is 5.39. The minimum atomic E-state index is -3.15. The first-order chi connectivity index (χ1) is 8.28.